The Bertz CT molecular complexity index is 339. The molecule has 132 valence electrons. The normalized spacial score (nSPS) is 11.0. The van der Waals surface area contributed by atoms with Crippen molar-refractivity contribution in [2.75, 3.05) is 19.0 Å². The third-order valence-corrected chi connectivity index (χ3v) is 4.61. The molecule has 0 saturated heterocycles. The van der Waals surface area contributed by atoms with Gasteiger partial charge in [-0.15, -0.1) is 0 Å². The van der Waals surface area contributed by atoms with Gasteiger partial charge in [-0.3, -0.25) is 0 Å². The van der Waals surface area contributed by atoms with Gasteiger partial charge >= 0.3 is 0 Å². The summed E-state index contributed by atoms with van der Waals surface area (Å²) in [5, 5.41) is 0. The van der Waals surface area contributed by atoms with E-state index in [-0.39, 0.29) is 0 Å². The maximum atomic E-state index is 5.54. The van der Waals surface area contributed by atoms with Crippen molar-refractivity contribution >= 4 is 12.6 Å². The zero-order chi connectivity index (χ0) is 16.4. The zero-order valence-corrected chi connectivity index (χ0v) is 15.7. The summed E-state index contributed by atoms with van der Waals surface area (Å²) >= 11 is 4.18. The Morgan fingerprint density at radius 3 is 1.74 bits per heavy atom. The molecule has 0 amide bonds. The van der Waals surface area contributed by atoms with Crippen LogP contribution >= 0.6 is 12.6 Å². The van der Waals surface area contributed by atoms with Crippen LogP contribution in [0.3, 0.4) is 0 Å². The molecule has 0 N–H and O–H groups in total. The Morgan fingerprint density at radius 2 is 1.13 bits per heavy atom. The molecule has 0 bridgehead atoms. The minimum Gasteiger partial charge on any atom is -0.381 e. The summed E-state index contributed by atoms with van der Waals surface area (Å²) in [6.45, 7) is 1.82. The highest BCUT2D eigenvalue weighted by Crippen LogP contribution is 2.12. The van der Waals surface area contributed by atoms with E-state index in [1.807, 2.05) is 0 Å². The van der Waals surface area contributed by atoms with Crippen LogP contribution in [0.25, 0.3) is 0 Å². The van der Waals surface area contributed by atoms with Crippen molar-refractivity contribution in [2.45, 2.75) is 77.0 Å². The van der Waals surface area contributed by atoms with E-state index >= 15 is 0 Å². The Kier molecular flexibility index (Phi) is 14.7. The van der Waals surface area contributed by atoms with Crippen molar-refractivity contribution in [3.8, 4) is 0 Å². The SMILES string of the molecule is SCCCOCCCCCCCCCCCCc1ccccc1. The van der Waals surface area contributed by atoms with Gasteiger partial charge in [-0.2, -0.15) is 12.6 Å². The quantitative estimate of drug-likeness (QED) is 0.269. The summed E-state index contributed by atoms with van der Waals surface area (Å²) in [6, 6.07) is 10.9. The van der Waals surface area contributed by atoms with Gasteiger partial charge in [0.2, 0.25) is 0 Å². The molecule has 0 aliphatic rings. The van der Waals surface area contributed by atoms with E-state index < -0.39 is 0 Å². The van der Waals surface area contributed by atoms with E-state index in [4.69, 9.17) is 4.74 Å². The number of thiol groups is 1. The molecule has 1 aromatic rings. The predicted octanol–water partition coefficient (Wildman–Crippen LogP) is 6.47. The lowest BCUT2D eigenvalue weighted by Crippen LogP contribution is -1.97. The van der Waals surface area contributed by atoms with E-state index in [2.05, 4.69) is 43.0 Å². The Hall–Kier alpha value is -0.470. The molecule has 0 aliphatic carbocycles. The fraction of sp³-hybridized carbons (Fsp3) is 0.714. The second-order valence-electron chi connectivity index (χ2n) is 6.46. The highest BCUT2D eigenvalue weighted by Gasteiger charge is 1.95. The van der Waals surface area contributed by atoms with Crippen LogP contribution in [0.15, 0.2) is 30.3 Å². The van der Waals surface area contributed by atoms with Crippen molar-refractivity contribution in [3.05, 3.63) is 35.9 Å². The second-order valence-corrected chi connectivity index (χ2v) is 6.91. The molecule has 1 rings (SSSR count). The molecule has 0 atom stereocenters. The number of ether oxygens (including phenoxy) is 1. The topological polar surface area (TPSA) is 9.23 Å². The highest BCUT2D eigenvalue weighted by molar-refractivity contribution is 7.80. The van der Waals surface area contributed by atoms with Gasteiger partial charge in [0.1, 0.15) is 0 Å². The van der Waals surface area contributed by atoms with Gasteiger partial charge < -0.3 is 4.74 Å². The molecule has 0 fully saturated rings. The molecule has 0 aliphatic heterocycles. The standard InChI is InChI=1S/C21H36OS/c23-20-14-19-22-18-13-8-6-4-2-1-3-5-7-10-15-21-16-11-9-12-17-21/h9,11-12,16-17,23H,1-8,10,13-15,18-20H2. The Labute approximate surface area is 149 Å². The average molecular weight is 337 g/mol. The first-order chi connectivity index (χ1) is 11.4. The van der Waals surface area contributed by atoms with Crippen molar-refractivity contribution < 1.29 is 4.74 Å². The van der Waals surface area contributed by atoms with E-state index in [1.165, 1.54) is 76.2 Å². The predicted molar refractivity (Wildman–Crippen MR) is 106 cm³/mol. The Balaban J connectivity index is 1.72. The van der Waals surface area contributed by atoms with E-state index in [0.29, 0.717) is 0 Å². The number of unbranched alkanes of at least 4 members (excludes halogenated alkanes) is 9. The largest absolute Gasteiger partial charge is 0.381 e. The Morgan fingerprint density at radius 1 is 0.609 bits per heavy atom. The monoisotopic (exact) mass is 336 g/mol. The lowest BCUT2D eigenvalue weighted by atomic mass is 10.0. The molecule has 1 nitrogen and oxygen atoms in total. The van der Waals surface area contributed by atoms with Crippen molar-refractivity contribution in [2.24, 2.45) is 0 Å². The molecule has 23 heavy (non-hydrogen) atoms. The lowest BCUT2D eigenvalue weighted by molar-refractivity contribution is 0.131. The van der Waals surface area contributed by atoms with Crippen molar-refractivity contribution in [1.82, 2.24) is 0 Å². The van der Waals surface area contributed by atoms with Gasteiger partial charge in [0.25, 0.3) is 0 Å². The number of hydrogen-bond acceptors (Lipinski definition) is 2. The maximum Gasteiger partial charge on any atom is 0.0473 e. The van der Waals surface area contributed by atoms with Crippen LogP contribution in [0.5, 0.6) is 0 Å². The summed E-state index contributed by atoms with van der Waals surface area (Å²) < 4.78 is 5.54. The molecule has 0 saturated carbocycles. The van der Waals surface area contributed by atoms with Gasteiger partial charge in [0, 0.05) is 13.2 Å². The smallest absolute Gasteiger partial charge is 0.0473 e. The van der Waals surface area contributed by atoms with Crippen LogP contribution in [0.1, 0.15) is 76.2 Å². The van der Waals surface area contributed by atoms with Crippen LogP contribution in [0, 0.1) is 0 Å². The third-order valence-electron chi connectivity index (χ3n) is 4.29. The molecule has 1 aromatic carbocycles. The van der Waals surface area contributed by atoms with Crippen molar-refractivity contribution in [3.63, 3.8) is 0 Å². The minimum atomic E-state index is 0.883. The number of hydrogen-bond donors (Lipinski definition) is 1. The fourth-order valence-corrected chi connectivity index (χ4v) is 2.99. The van der Waals surface area contributed by atoms with Crippen LogP contribution < -0.4 is 0 Å². The van der Waals surface area contributed by atoms with Crippen molar-refractivity contribution in [1.29, 1.82) is 0 Å². The molecule has 0 radical (unpaired) electrons. The molecular formula is C21H36OS. The molecule has 0 heterocycles. The maximum absolute atomic E-state index is 5.54. The fourth-order valence-electron chi connectivity index (χ4n) is 2.86. The van der Waals surface area contributed by atoms with Crippen LogP contribution in [-0.2, 0) is 11.2 Å². The molecule has 0 aromatic heterocycles. The lowest BCUT2D eigenvalue weighted by Gasteiger charge is -2.04. The second kappa shape index (κ2) is 16.4. The van der Waals surface area contributed by atoms with E-state index in [0.717, 1.165) is 25.4 Å². The number of rotatable bonds is 16. The van der Waals surface area contributed by atoms with Crippen LogP contribution in [-0.4, -0.2) is 19.0 Å². The van der Waals surface area contributed by atoms with E-state index in [1.54, 1.807) is 0 Å². The van der Waals surface area contributed by atoms with E-state index in [9.17, 15) is 0 Å². The number of benzene rings is 1. The first-order valence-electron chi connectivity index (χ1n) is 9.66. The summed E-state index contributed by atoms with van der Waals surface area (Å²) in [6.07, 6.45) is 16.1. The van der Waals surface area contributed by atoms with Crippen LogP contribution in [0.4, 0.5) is 0 Å². The highest BCUT2D eigenvalue weighted by atomic mass is 32.1. The van der Waals surface area contributed by atoms with Gasteiger partial charge in [-0.1, -0.05) is 81.7 Å². The van der Waals surface area contributed by atoms with Gasteiger partial charge in [-0.25, -0.2) is 0 Å². The first kappa shape index (κ1) is 20.6. The zero-order valence-electron chi connectivity index (χ0n) is 14.8. The summed E-state index contributed by atoms with van der Waals surface area (Å²) in [5.41, 5.74) is 1.49. The summed E-state index contributed by atoms with van der Waals surface area (Å²) in [4.78, 5) is 0. The summed E-state index contributed by atoms with van der Waals surface area (Å²) in [5.74, 6) is 0.937. The third kappa shape index (κ3) is 13.6. The molecule has 0 spiro atoms. The van der Waals surface area contributed by atoms with Gasteiger partial charge in [0.05, 0.1) is 0 Å². The summed E-state index contributed by atoms with van der Waals surface area (Å²) in [7, 11) is 0. The average Bonchev–Trinajstić information content (AvgIpc) is 2.59. The van der Waals surface area contributed by atoms with Gasteiger partial charge in [-0.05, 0) is 37.0 Å². The first-order valence-corrected chi connectivity index (χ1v) is 10.3. The van der Waals surface area contributed by atoms with Gasteiger partial charge in [0.15, 0.2) is 0 Å². The molecule has 2 heteroatoms. The minimum absolute atomic E-state index is 0.883. The number of aryl methyl sites for hydroxylation is 1. The molecular weight excluding hydrogens is 300 g/mol. The van der Waals surface area contributed by atoms with Crippen LogP contribution in [0.2, 0.25) is 0 Å². The molecule has 0 unspecified atom stereocenters.